The molecule has 3 saturated heterocycles. The van der Waals surface area contributed by atoms with Crippen LogP contribution in [-0.2, 0) is 16.1 Å². The van der Waals surface area contributed by atoms with E-state index in [2.05, 4.69) is 31.1 Å². The largest absolute Gasteiger partial charge is 0.369 e. The number of pyridine rings is 1. The first-order valence-corrected chi connectivity index (χ1v) is 14.0. The molecule has 0 spiro atoms. The van der Waals surface area contributed by atoms with Crippen molar-refractivity contribution in [1.82, 2.24) is 20.1 Å². The highest BCUT2D eigenvalue weighted by Crippen LogP contribution is 2.31. The maximum absolute atomic E-state index is 13.0. The van der Waals surface area contributed by atoms with Gasteiger partial charge in [-0.2, -0.15) is 0 Å². The number of piperazine rings is 1. The molecule has 3 fully saturated rings. The first kappa shape index (κ1) is 26.2. The molecule has 4 aliphatic heterocycles. The van der Waals surface area contributed by atoms with Crippen LogP contribution in [-0.4, -0.2) is 89.3 Å². The molecule has 1 atom stereocenters. The SMILES string of the molecule is O=C1CCC(N2Cc3cc(N4CCN(CC5CCN(c6ccc([N+](=O)[O-])cn6)CC5)CC4)ccc3C2=O)C(=O)N1. The molecule has 0 radical (unpaired) electrons. The lowest BCUT2D eigenvalue weighted by atomic mass is 9.96. The van der Waals surface area contributed by atoms with Crippen LogP contribution in [0, 0.1) is 16.0 Å². The van der Waals surface area contributed by atoms with Crippen LogP contribution in [0.5, 0.6) is 0 Å². The lowest BCUT2D eigenvalue weighted by Gasteiger charge is -2.40. The van der Waals surface area contributed by atoms with E-state index in [1.807, 2.05) is 12.1 Å². The molecule has 1 N–H and O–H groups in total. The van der Waals surface area contributed by atoms with E-state index in [0.717, 1.165) is 75.7 Å². The Morgan fingerprint density at radius 1 is 0.950 bits per heavy atom. The van der Waals surface area contributed by atoms with Crippen molar-refractivity contribution >= 4 is 34.9 Å². The summed E-state index contributed by atoms with van der Waals surface area (Å²) < 4.78 is 0. The molecular formula is C28H33N7O5. The molecule has 1 unspecified atom stereocenters. The molecule has 210 valence electrons. The molecule has 0 saturated carbocycles. The van der Waals surface area contributed by atoms with E-state index in [0.29, 0.717) is 24.4 Å². The number of nitrogens with zero attached hydrogens (tertiary/aromatic N) is 6. The van der Waals surface area contributed by atoms with Gasteiger partial charge in [-0.05, 0) is 55.0 Å². The number of hydrogen-bond donors (Lipinski definition) is 1. The minimum absolute atomic E-state index is 0.0142. The predicted molar refractivity (Wildman–Crippen MR) is 147 cm³/mol. The molecule has 0 aliphatic carbocycles. The van der Waals surface area contributed by atoms with Gasteiger partial charge in [0.2, 0.25) is 11.8 Å². The molecule has 1 aromatic carbocycles. The van der Waals surface area contributed by atoms with Gasteiger partial charge in [0, 0.05) is 76.1 Å². The van der Waals surface area contributed by atoms with E-state index in [1.165, 1.54) is 12.3 Å². The average molecular weight is 548 g/mol. The second-order valence-electron chi connectivity index (χ2n) is 11.1. The van der Waals surface area contributed by atoms with E-state index in [1.54, 1.807) is 11.0 Å². The van der Waals surface area contributed by atoms with Crippen molar-refractivity contribution in [2.24, 2.45) is 5.92 Å². The minimum atomic E-state index is -0.596. The molecule has 6 rings (SSSR count). The Hall–Kier alpha value is -4.06. The molecule has 3 amide bonds. The summed E-state index contributed by atoms with van der Waals surface area (Å²) in [4.78, 5) is 60.2. The summed E-state index contributed by atoms with van der Waals surface area (Å²) in [5.74, 6) is 0.606. The van der Waals surface area contributed by atoms with Gasteiger partial charge in [0.15, 0.2) is 0 Å². The Morgan fingerprint density at radius 2 is 1.73 bits per heavy atom. The summed E-state index contributed by atoms with van der Waals surface area (Å²) in [6, 6.07) is 8.61. The smallest absolute Gasteiger partial charge is 0.287 e. The zero-order valence-corrected chi connectivity index (χ0v) is 22.3. The fourth-order valence-electron chi connectivity index (χ4n) is 6.33. The Bertz CT molecular complexity index is 1320. The van der Waals surface area contributed by atoms with E-state index in [9.17, 15) is 24.5 Å². The highest BCUT2D eigenvalue weighted by Gasteiger charge is 2.39. The highest BCUT2D eigenvalue weighted by molar-refractivity contribution is 6.05. The highest BCUT2D eigenvalue weighted by atomic mass is 16.6. The van der Waals surface area contributed by atoms with E-state index in [4.69, 9.17) is 0 Å². The molecule has 2 aromatic rings. The summed E-state index contributed by atoms with van der Waals surface area (Å²) in [7, 11) is 0. The first-order valence-electron chi connectivity index (χ1n) is 14.0. The van der Waals surface area contributed by atoms with Crippen LogP contribution in [0.15, 0.2) is 36.5 Å². The Balaban J connectivity index is 0.986. The van der Waals surface area contributed by atoms with E-state index in [-0.39, 0.29) is 29.8 Å². The molecule has 1 aromatic heterocycles. The summed E-state index contributed by atoms with van der Waals surface area (Å²) in [5.41, 5.74) is 2.69. The van der Waals surface area contributed by atoms with Gasteiger partial charge in [0.05, 0.1) is 4.92 Å². The Morgan fingerprint density at radius 3 is 2.40 bits per heavy atom. The third kappa shape index (κ3) is 5.23. The predicted octanol–water partition coefficient (Wildman–Crippen LogP) is 1.79. The van der Waals surface area contributed by atoms with Gasteiger partial charge in [0.1, 0.15) is 18.1 Å². The fourth-order valence-corrected chi connectivity index (χ4v) is 6.33. The second kappa shape index (κ2) is 10.8. The van der Waals surface area contributed by atoms with E-state index >= 15 is 0 Å². The lowest BCUT2D eigenvalue weighted by molar-refractivity contribution is -0.385. The first-order chi connectivity index (χ1) is 19.4. The number of fused-ring (bicyclic) bond motifs is 1. The number of nitro groups is 1. The van der Waals surface area contributed by atoms with Crippen molar-refractivity contribution in [3.8, 4) is 0 Å². The van der Waals surface area contributed by atoms with Crippen LogP contribution in [0.25, 0.3) is 0 Å². The van der Waals surface area contributed by atoms with Crippen molar-refractivity contribution in [1.29, 1.82) is 0 Å². The number of piperidine rings is 2. The summed E-state index contributed by atoms with van der Waals surface area (Å²) in [5, 5.41) is 13.2. The van der Waals surface area contributed by atoms with Crippen LogP contribution < -0.4 is 15.1 Å². The van der Waals surface area contributed by atoms with Crippen molar-refractivity contribution in [2.75, 3.05) is 55.6 Å². The van der Waals surface area contributed by atoms with Crippen LogP contribution in [0.4, 0.5) is 17.2 Å². The number of imide groups is 1. The van der Waals surface area contributed by atoms with Crippen LogP contribution in [0.2, 0.25) is 0 Å². The number of nitrogens with one attached hydrogen (secondary N) is 1. The van der Waals surface area contributed by atoms with Crippen LogP contribution in [0.3, 0.4) is 0 Å². The maximum atomic E-state index is 13.0. The Kier molecular flexibility index (Phi) is 7.09. The summed E-state index contributed by atoms with van der Waals surface area (Å²) in [6.07, 6.45) is 4.09. The zero-order valence-electron chi connectivity index (χ0n) is 22.3. The fraction of sp³-hybridized carbons (Fsp3) is 0.500. The number of rotatable bonds is 6. The third-order valence-electron chi connectivity index (χ3n) is 8.64. The number of amides is 3. The van der Waals surface area contributed by atoms with Crippen molar-refractivity contribution in [3.63, 3.8) is 0 Å². The molecule has 40 heavy (non-hydrogen) atoms. The number of benzene rings is 1. The molecule has 12 heteroatoms. The van der Waals surface area contributed by atoms with Gasteiger partial charge in [-0.1, -0.05) is 0 Å². The minimum Gasteiger partial charge on any atom is -0.369 e. The van der Waals surface area contributed by atoms with Gasteiger partial charge in [-0.25, -0.2) is 4.98 Å². The van der Waals surface area contributed by atoms with Gasteiger partial charge < -0.3 is 14.7 Å². The quantitative estimate of drug-likeness (QED) is 0.327. The summed E-state index contributed by atoms with van der Waals surface area (Å²) >= 11 is 0. The van der Waals surface area contributed by atoms with Crippen LogP contribution >= 0.6 is 0 Å². The van der Waals surface area contributed by atoms with Gasteiger partial charge >= 0.3 is 0 Å². The zero-order chi connectivity index (χ0) is 27.8. The number of carbonyl (C=O) groups is 3. The van der Waals surface area contributed by atoms with Gasteiger partial charge in [-0.3, -0.25) is 34.7 Å². The Labute approximate surface area is 232 Å². The molecular weight excluding hydrogens is 514 g/mol. The molecule has 5 heterocycles. The van der Waals surface area contributed by atoms with Crippen LogP contribution in [0.1, 0.15) is 41.6 Å². The van der Waals surface area contributed by atoms with Crippen molar-refractivity contribution < 1.29 is 19.3 Å². The maximum Gasteiger partial charge on any atom is 0.287 e. The molecule has 4 aliphatic rings. The number of anilines is 2. The summed E-state index contributed by atoms with van der Waals surface area (Å²) in [6.45, 7) is 7.03. The monoisotopic (exact) mass is 547 g/mol. The molecule has 0 bridgehead atoms. The number of carbonyl (C=O) groups excluding carboxylic acids is 3. The van der Waals surface area contributed by atoms with Crippen molar-refractivity contribution in [2.45, 2.75) is 38.3 Å². The number of hydrogen-bond acceptors (Lipinski definition) is 9. The average Bonchev–Trinajstić information content (AvgIpc) is 3.29. The standard InChI is InChI=1S/C28H33N7O5/c36-26-6-4-24(27(37)30-26)34-18-20-15-21(1-3-23(20)28(34)38)32-13-11-31(12-14-32)17-19-7-9-33(10-8-19)25-5-2-22(16-29-25)35(39)40/h1-3,5,15-16,19,24H,4,6-14,17-18H2,(H,30,36,37). The van der Waals surface area contributed by atoms with Gasteiger partial charge in [-0.15, -0.1) is 0 Å². The lowest BCUT2D eigenvalue weighted by Crippen LogP contribution is -2.52. The topological polar surface area (TPSA) is 132 Å². The second-order valence-corrected chi connectivity index (χ2v) is 11.1. The van der Waals surface area contributed by atoms with E-state index < -0.39 is 11.0 Å². The third-order valence-corrected chi connectivity index (χ3v) is 8.64. The van der Waals surface area contributed by atoms with Gasteiger partial charge in [0.25, 0.3) is 11.6 Å². The number of aromatic nitrogens is 1. The molecule has 12 nitrogen and oxygen atoms in total. The normalized spacial score (nSPS) is 22.4. The van der Waals surface area contributed by atoms with Crippen molar-refractivity contribution in [3.05, 3.63) is 57.8 Å².